The van der Waals surface area contributed by atoms with Gasteiger partial charge < -0.3 is 9.47 Å². The fraction of sp³-hybridized carbons (Fsp3) is 0.562. The van der Waals surface area contributed by atoms with Crippen molar-refractivity contribution in [3.8, 4) is 0 Å². The third-order valence-corrected chi connectivity index (χ3v) is 4.68. The van der Waals surface area contributed by atoms with E-state index in [2.05, 4.69) is 36.4 Å². The highest BCUT2D eigenvalue weighted by atomic mass is 127. The molecule has 110 valence electrons. The highest BCUT2D eigenvalue weighted by molar-refractivity contribution is 14.1. The Balaban J connectivity index is 1.83. The van der Waals surface area contributed by atoms with E-state index in [9.17, 15) is 4.79 Å². The summed E-state index contributed by atoms with van der Waals surface area (Å²) in [5.74, 6) is 0.399. The molecule has 0 amide bonds. The van der Waals surface area contributed by atoms with Crippen LogP contribution in [0.15, 0.2) is 30.3 Å². The molecule has 0 spiro atoms. The van der Waals surface area contributed by atoms with Crippen molar-refractivity contribution in [1.29, 1.82) is 0 Å². The molecule has 0 N–H and O–H groups in total. The summed E-state index contributed by atoms with van der Waals surface area (Å²) in [6.45, 7) is 4.83. The molecule has 2 rings (SSSR count). The van der Waals surface area contributed by atoms with Gasteiger partial charge in [0.15, 0.2) is 6.10 Å². The van der Waals surface area contributed by atoms with Crippen LogP contribution in [0, 0.1) is 5.92 Å². The van der Waals surface area contributed by atoms with E-state index >= 15 is 0 Å². The van der Waals surface area contributed by atoms with Crippen LogP contribution in [0.25, 0.3) is 0 Å². The average Bonchev–Trinajstić information content (AvgIpc) is 2.78. The number of hydrogen-bond acceptors (Lipinski definition) is 3. The first-order chi connectivity index (χ1) is 9.56. The number of ether oxygens (including phenoxy) is 2. The van der Waals surface area contributed by atoms with Crippen LogP contribution in [-0.2, 0) is 20.9 Å². The number of rotatable bonds is 6. The average molecular weight is 388 g/mol. The van der Waals surface area contributed by atoms with Gasteiger partial charge in [0.1, 0.15) is 6.10 Å². The van der Waals surface area contributed by atoms with Gasteiger partial charge >= 0.3 is 5.97 Å². The highest BCUT2D eigenvalue weighted by Crippen LogP contribution is 2.29. The molecular formula is C16H21IO3. The van der Waals surface area contributed by atoms with Crippen molar-refractivity contribution in [1.82, 2.24) is 0 Å². The van der Waals surface area contributed by atoms with Gasteiger partial charge in [-0.3, -0.25) is 0 Å². The second-order valence-electron chi connectivity index (χ2n) is 5.64. The Hall–Kier alpha value is -0.620. The molecule has 1 saturated heterocycles. The van der Waals surface area contributed by atoms with Gasteiger partial charge in [-0.2, -0.15) is 0 Å². The lowest BCUT2D eigenvalue weighted by Crippen LogP contribution is -2.22. The summed E-state index contributed by atoms with van der Waals surface area (Å²) in [7, 11) is 0. The number of alkyl halides is 1. The topological polar surface area (TPSA) is 35.5 Å². The van der Waals surface area contributed by atoms with Crippen LogP contribution in [-0.4, -0.2) is 22.1 Å². The van der Waals surface area contributed by atoms with Gasteiger partial charge in [0, 0.05) is 10.3 Å². The third-order valence-electron chi connectivity index (χ3n) is 3.37. The maximum Gasteiger partial charge on any atom is 0.335 e. The lowest BCUT2D eigenvalue weighted by atomic mass is 10.0. The molecule has 0 aliphatic carbocycles. The summed E-state index contributed by atoms with van der Waals surface area (Å²) < 4.78 is 11.5. The maximum atomic E-state index is 11.8. The Bertz CT molecular complexity index is 433. The van der Waals surface area contributed by atoms with Crippen molar-refractivity contribution in [3.05, 3.63) is 35.9 Å². The number of benzene rings is 1. The number of cyclic esters (lactones) is 1. The van der Waals surface area contributed by atoms with Gasteiger partial charge in [0.2, 0.25) is 0 Å². The molecular weight excluding hydrogens is 367 g/mol. The summed E-state index contributed by atoms with van der Waals surface area (Å²) in [5.41, 5.74) is 1.08. The molecule has 1 fully saturated rings. The van der Waals surface area contributed by atoms with E-state index < -0.39 is 6.10 Å². The molecule has 0 bridgehead atoms. The zero-order valence-corrected chi connectivity index (χ0v) is 14.1. The molecule has 0 aromatic heterocycles. The van der Waals surface area contributed by atoms with Crippen LogP contribution in [0.3, 0.4) is 0 Å². The first kappa shape index (κ1) is 15.8. The van der Waals surface area contributed by atoms with Crippen LogP contribution in [0.2, 0.25) is 0 Å². The summed E-state index contributed by atoms with van der Waals surface area (Å²) in [6.07, 6.45) is 1.31. The minimum absolute atomic E-state index is 0.00808. The molecule has 3 nitrogen and oxygen atoms in total. The van der Waals surface area contributed by atoms with Crippen LogP contribution >= 0.6 is 22.6 Å². The van der Waals surface area contributed by atoms with Gasteiger partial charge in [0.05, 0.1) is 6.61 Å². The lowest BCUT2D eigenvalue weighted by Gasteiger charge is -2.17. The minimum Gasteiger partial charge on any atom is -0.459 e. The number of esters is 1. The molecule has 1 aromatic rings. The van der Waals surface area contributed by atoms with E-state index in [0.29, 0.717) is 22.9 Å². The number of hydrogen-bond donors (Lipinski definition) is 0. The summed E-state index contributed by atoms with van der Waals surface area (Å²) in [6, 6.07) is 9.90. The predicted octanol–water partition coefficient (Wildman–Crippen LogP) is 3.74. The van der Waals surface area contributed by atoms with Crippen LogP contribution in [0.4, 0.5) is 0 Å². The monoisotopic (exact) mass is 388 g/mol. The summed E-state index contributed by atoms with van der Waals surface area (Å²) >= 11 is 2.39. The van der Waals surface area contributed by atoms with Crippen molar-refractivity contribution in [2.45, 2.75) is 49.4 Å². The lowest BCUT2D eigenvalue weighted by molar-refractivity contribution is -0.150. The molecule has 1 aliphatic heterocycles. The highest BCUT2D eigenvalue weighted by Gasteiger charge is 2.38. The molecule has 1 aliphatic rings. The second kappa shape index (κ2) is 7.41. The first-order valence-corrected chi connectivity index (χ1v) is 8.31. The first-order valence-electron chi connectivity index (χ1n) is 7.06. The second-order valence-corrected chi connectivity index (χ2v) is 7.24. The van der Waals surface area contributed by atoms with Gasteiger partial charge in [0.25, 0.3) is 0 Å². The van der Waals surface area contributed by atoms with Crippen molar-refractivity contribution in [2.24, 2.45) is 5.92 Å². The predicted molar refractivity (Wildman–Crippen MR) is 86.8 cm³/mol. The Kier molecular flexibility index (Phi) is 5.84. The van der Waals surface area contributed by atoms with Crippen molar-refractivity contribution < 1.29 is 14.3 Å². The molecule has 1 aromatic carbocycles. The Morgan fingerprint density at radius 2 is 2.05 bits per heavy atom. The van der Waals surface area contributed by atoms with Crippen molar-refractivity contribution >= 4 is 28.6 Å². The van der Waals surface area contributed by atoms with Crippen LogP contribution in [0.1, 0.15) is 32.3 Å². The number of halogens is 1. The zero-order valence-electron chi connectivity index (χ0n) is 11.9. The standard InChI is InChI=1S/C16H21IO3/c1-11(2)8-13(17)14-9-15(16(18)20-14)19-10-12-6-4-3-5-7-12/h3-7,11,13-15H,8-10H2,1-2H3/t13-,14+,15+/m1/s1. The molecule has 20 heavy (non-hydrogen) atoms. The maximum absolute atomic E-state index is 11.8. The summed E-state index contributed by atoms with van der Waals surface area (Å²) in [5, 5.41) is 0. The minimum atomic E-state index is -0.412. The van der Waals surface area contributed by atoms with E-state index in [-0.39, 0.29) is 12.1 Å². The van der Waals surface area contributed by atoms with E-state index in [4.69, 9.17) is 9.47 Å². The van der Waals surface area contributed by atoms with Crippen LogP contribution < -0.4 is 0 Å². The summed E-state index contributed by atoms with van der Waals surface area (Å²) in [4.78, 5) is 11.8. The third kappa shape index (κ3) is 4.45. The zero-order chi connectivity index (χ0) is 14.5. The van der Waals surface area contributed by atoms with Crippen LogP contribution in [0.5, 0.6) is 0 Å². The quantitative estimate of drug-likeness (QED) is 0.423. The molecule has 3 atom stereocenters. The fourth-order valence-electron chi connectivity index (χ4n) is 2.31. The smallest absolute Gasteiger partial charge is 0.335 e. The van der Waals surface area contributed by atoms with E-state index in [1.165, 1.54) is 0 Å². The normalized spacial score (nSPS) is 23.9. The van der Waals surface area contributed by atoms with Gasteiger partial charge in [-0.25, -0.2) is 4.79 Å². The van der Waals surface area contributed by atoms with Gasteiger partial charge in [-0.15, -0.1) is 0 Å². The van der Waals surface area contributed by atoms with Gasteiger partial charge in [-0.1, -0.05) is 66.8 Å². The van der Waals surface area contributed by atoms with E-state index in [0.717, 1.165) is 12.0 Å². The number of carbonyl (C=O) groups excluding carboxylic acids is 1. The van der Waals surface area contributed by atoms with Crippen molar-refractivity contribution in [3.63, 3.8) is 0 Å². The van der Waals surface area contributed by atoms with E-state index in [1.54, 1.807) is 0 Å². The SMILES string of the molecule is CC(C)C[C@@H](I)[C@@H]1C[C@H](OCc2ccccc2)C(=O)O1. The van der Waals surface area contributed by atoms with Crippen molar-refractivity contribution in [2.75, 3.05) is 0 Å². The van der Waals surface area contributed by atoms with Gasteiger partial charge in [-0.05, 0) is 17.9 Å². The Morgan fingerprint density at radius 3 is 2.70 bits per heavy atom. The fourth-order valence-corrected chi connectivity index (χ4v) is 3.77. The number of carbonyl (C=O) groups is 1. The Labute approximate surface area is 134 Å². The molecule has 0 saturated carbocycles. The molecule has 0 unspecified atom stereocenters. The molecule has 4 heteroatoms. The largest absolute Gasteiger partial charge is 0.459 e. The molecule has 0 radical (unpaired) electrons. The molecule has 1 heterocycles. The van der Waals surface area contributed by atoms with E-state index in [1.807, 2.05) is 30.3 Å². The Morgan fingerprint density at radius 1 is 1.35 bits per heavy atom.